The molecule has 1 N–H and O–H groups in total. The summed E-state index contributed by atoms with van der Waals surface area (Å²) in [4.78, 5) is -0.0475. The van der Waals surface area contributed by atoms with Gasteiger partial charge in [0.25, 0.3) is 10.1 Å². The molecule has 0 amide bonds. The number of hydrogen-bond donors (Lipinski definition) is 1. The highest BCUT2D eigenvalue weighted by atomic mass is 32.2. The van der Waals surface area contributed by atoms with Crippen LogP contribution in [0.4, 0.5) is 0 Å². The molecule has 0 unspecified atom stereocenters. The third kappa shape index (κ3) is 2.32. The van der Waals surface area contributed by atoms with E-state index in [2.05, 4.69) is 0 Å². The van der Waals surface area contributed by atoms with Gasteiger partial charge in [-0.3, -0.25) is 4.55 Å². The molecule has 1 aliphatic rings. The SMILES string of the molecule is CC1=CC(S(=O)(=O)O)=CC=CC1. The molecule has 66 valence electrons. The summed E-state index contributed by atoms with van der Waals surface area (Å²) in [7, 11) is -4.05. The van der Waals surface area contributed by atoms with E-state index in [0.717, 1.165) is 12.0 Å². The predicted molar refractivity (Wildman–Crippen MR) is 47.1 cm³/mol. The first kappa shape index (κ1) is 9.22. The molecule has 0 aromatic heterocycles. The van der Waals surface area contributed by atoms with Gasteiger partial charge in [0, 0.05) is 0 Å². The Hall–Kier alpha value is -0.870. The molecule has 0 spiro atoms. The van der Waals surface area contributed by atoms with Crippen molar-refractivity contribution in [2.75, 3.05) is 0 Å². The summed E-state index contributed by atoms with van der Waals surface area (Å²) in [5.41, 5.74) is 0.910. The van der Waals surface area contributed by atoms with Crippen LogP contribution in [-0.4, -0.2) is 13.0 Å². The van der Waals surface area contributed by atoms with Crippen LogP contribution < -0.4 is 0 Å². The Bertz CT molecular complexity index is 358. The van der Waals surface area contributed by atoms with Crippen LogP contribution in [0.2, 0.25) is 0 Å². The lowest BCUT2D eigenvalue weighted by Gasteiger charge is -1.96. The van der Waals surface area contributed by atoms with Crippen molar-refractivity contribution in [1.29, 1.82) is 0 Å². The zero-order valence-electron chi connectivity index (χ0n) is 6.69. The average molecular weight is 186 g/mol. The largest absolute Gasteiger partial charge is 0.294 e. The lowest BCUT2D eigenvalue weighted by molar-refractivity contribution is 0.492. The van der Waals surface area contributed by atoms with Crippen LogP contribution in [0, 0.1) is 0 Å². The minimum absolute atomic E-state index is 0.0475. The highest BCUT2D eigenvalue weighted by Crippen LogP contribution is 2.15. The summed E-state index contributed by atoms with van der Waals surface area (Å²) >= 11 is 0. The van der Waals surface area contributed by atoms with E-state index in [1.807, 2.05) is 13.0 Å². The van der Waals surface area contributed by atoms with E-state index in [0.29, 0.717) is 0 Å². The fourth-order valence-electron chi connectivity index (χ4n) is 0.927. The van der Waals surface area contributed by atoms with Crippen molar-refractivity contribution in [3.63, 3.8) is 0 Å². The van der Waals surface area contributed by atoms with Gasteiger partial charge in [0.05, 0.1) is 4.91 Å². The van der Waals surface area contributed by atoms with Gasteiger partial charge in [-0.25, -0.2) is 0 Å². The Morgan fingerprint density at radius 3 is 2.75 bits per heavy atom. The molecular weight excluding hydrogens is 176 g/mol. The quantitative estimate of drug-likeness (QED) is 0.634. The van der Waals surface area contributed by atoms with E-state index in [1.165, 1.54) is 12.2 Å². The van der Waals surface area contributed by atoms with Gasteiger partial charge in [-0.05, 0) is 25.5 Å². The second kappa shape index (κ2) is 3.25. The summed E-state index contributed by atoms with van der Waals surface area (Å²) in [6.45, 7) is 1.81. The maximum Gasteiger partial charge on any atom is 0.294 e. The molecule has 0 saturated heterocycles. The second-order valence-electron chi connectivity index (χ2n) is 2.67. The molecule has 1 rings (SSSR count). The molecule has 12 heavy (non-hydrogen) atoms. The maximum atomic E-state index is 10.7. The molecule has 0 aromatic rings. The standard InChI is InChI=1S/C8H10O3S/c1-7-4-2-3-5-8(6-7)12(9,10)11/h2-3,5-6H,4H2,1H3,(H,9,10,11). The Balaban J connectivity index is 3.13. The van der Waals surface area contributed by atoms with Crippen LogP contribution in [0.25, 0.3) is 0 Å². The van der Waals surface area contributed by atoms with Crippen molar-refractivity contribution >= 4 is 10.1 Å². The Morgan fingerprint density at radius 2 is 2.17 bits per heavy atom. The fraction of sp³-hybridized carbons (Fsp3) is 0.250. The Morgan fingerprint density at radius 1 is 1.50 bits per heavy atom. The average Bonchev–Trinajstić information content (AvgIpc) is 2.11. The van der Waals surface area contributed by atoms with Gasteiger partial charge < -0.3 is 0 Å². The Labute approximate surface area is 71.8 Å². The summed E-state index contributed by atoms with van der Waals surface area (Å²) in [5.74, 6) is 0. The van der Waals surface area contributed by atoms with Crippen molar-refractivity contribution in [2.45, 2.75) is 13.3 Å². The van der Waals surface area contributed by atoms with Crippen LogP contribution >= 0.6 is 0 Å². The van der Waals surface area contributed by atoms with Gasteiger partial charge in [-0.1, -0.05) is 17.7 Å². The summed E-state index contributed by atoms with van der Waals surface area (Å²) in [6.07, 6.45) is 7.02. The predicted octanol–water partition coefficient (Wildman–Crippen LogP) is 1.66. The van der Waals surface area contributed by atoms with E-state index < -0.39 is 10.1 Å². The van der Waals surface area contributed by atoms with Crippen molar-refractivity contribution in [3.05, 3.63) is 34.8 Å². The molecule has 0 aromatic carbocycles. The van der Waals surface area contributed by atoms with Gasteiger partial charge in [0.1, 0.15) is 0 Å². The highest BCUT2D eigenvalue weighted by molar-refractivity contribution is 7.90. The molecular formula is C8H10O3S. The minimum atomic E-state index is -4.05. The molecule has 0 radical (unpaired) electrons. The van der Waals surface area contributed by atoms with Gasteiger partial charge in [-0.15, -0.1) is 0 Å². The molecule has 0 atom stereocenters. The smallest absolute Gasteiger partial charge is 0.282 e. The third-order valence-electron chi connectivity index (χ3n) is 1.52. The second-order valence-corrected chi connectivity index (χ2v) is 4.09. The van der Waals surface area contributed by atoms with Crippen molar-refractivity contribution in [1.82, 2.24) is 0 Å². The van der Waals surface area contributed by atoms with Gasteiger partial charge in [0.2, 0.25) is 0 Å². The lowest BCUT2D eigenvalue weighted by Crippen LogP contribution is -1.99. The zero-order valence-corrected chi connectivity index (χ0v) is 7.50. The normalized spacial score (nSPS) is 18.2. The summed E-state index contributed by atoms with van der Waals surface area (Å²) < 4.78 is 30.1. The first-order valence-corrected chi connectivity index (χ1v) is 4.95. The molecule has 0 heterocycles. The number of allylic oxidation sites excluding steroid dienone is 5. The molecule has 1 aliphatic carbocycles. The topological polar surface area (TPSA) is 54.4 Å². The lowest BCUT2D eigenvalue weighted by atomic mass is 10.2. The summed E-state index contributed by atoms with van der Waals surface area (Å²) in [6, 6.07) is 0. The van der Waals surface area contributed by atoms with Crippen molar-refractivity contribution in [2.24, 2.45) is 0 Å². The van der Waals surface area contributed by atoms with Crippen LogP contribution in [0.5, 0.6) is 0 Å². The molecule has 0 aliphatic heterocycles. The first-order valence-electron chi connectivity index (χ1n) is 3.51. The van der Waals surface area contributed by atoms with Crippen LogP contribution in [-0.2, 0) is 10.1 Å². The molecule has 4 heteroatoms. The number of hydrogen-bond acceptors (Lipinski definition) is 2. The van der Waals surface area contributed by atoms with Crippen LogP contribution in [0.15, 0.2) is 34.8 Å². The van der Waals surface area contributed by atoms with Gasteiger partial charge in [-0.2, -0.15) is 8.42 Å². The van der Waals surface area contributed by atoms with E-state index in [-0.39, 0.29) is 4.91 Å². The first-order chi connectivity index (χ1) is 5.50. The maximum absolute atomic E-state index is 10.7. The van der Waals surface area contributed by atoms with Crippen LogP contribution in [0.1, 0.15) is 13.3 Å². The molecule has 0 saturated carbocycles. The zero-order chi connectivity index (χ0) is 9.19. The molecule has 0 bridgehead atoms. The monoisotopic (exact) mass is 186 g/mol. The van der Waals surface area contributed by atoms with E-state index in [9.17, 15) is 8.42 Å². The van der Waals surface area contributed by atoms with Crippen molar-refractivity contribution < 1.29 is 13.0 Å². The van der Waals surface area contributed by atoms with E-state index in [4.69, 9.17) is 4.55 Å². The minimum Gasteiger partial charge on any atom is -0.282 e. The van der Waals surface area contributed by atoms with E-state index in [1.54, 1.807) is 6.08 Å². The number of rotatable bonds is 1. The van der Waals surface area contributed by atoms with E-state index >= 15 is 0 Å². The molecule has 3 nitrogen and oxygen atoms in total. The van der Waals surface area contributed by atoms with Crippen molar-refractivity contribution in [3.8, 4) is 0 Å². The van der Waals surface area contributed by atoms with Gasteiger partial charge in [0.15, 0.2) is 0 Å². The Kier molecular flexibility index (Phi) is 2.49. The molecule has 0 fully saturated rings. The summed E-state index contributed by atoms with van der Waals surface area (Å²) in [5, 5.41) is 0. The highest BCUT2D eigenvalue weighted by Gasteiger charge is 2.10. The van der Waals surface area contributed by atoms with Crippen LogP contribution in [0.3, 0.4) is 0 Å². The van der Waals surface area contributed by atoms with Gasteiger partial charge >= 0.3 is 0 Å². The third-order valence-corrected chi connectivity index (χ3v) is 2.37. The fourth-order valence-corrected chi connectivity index (χ4v) is 1.53.